The van der Waals surface area contributed by atoms with Crippen LogP contribution < -0.4 is 11.1 Å². The van der Waals surface area contributed by atoms with Gasteiger partial charge < -0.3 is 11.1 Å². The summed E-state index contributed by atoms with van der Waals surface area (Å²) in [6, 6.07) is 0.232. The largest absolute Gasteiger partial charge is 0.383 e. The molecule has 0 unspecified atom stereocenters. The molecule has 6 nitrogen and oxygen atoms in total. The van der Waals surface area contributed by atoms with Crippen LogP contribution in [0.2, 0.25) is 0 Å². The van der Waals surface area contributed by atoms with E-state index >= 15 is 0 Å². The van der Waals surface area contributed by atoms with Crippen LogP contribution in [0.3, 0.4) is 0 Å². The number of nitrogens with zero attached hydrogens (tertiary/aromatic N) is 2. The van der Waals surface area contributed by atoms with Crippen molar-refractivity contribution < 1.29 is 8.42 Å². The molecular formula is C14H24N4O2S. The van der Waals surface area contributed by atoms with Crippen molar-refractivity contribution in [1.82, 2.24) is 9.78 Å². The van der Waals surface area contributed by atoms with Crippen molar-refractivity contribution in [2.24, 2.45) is 5.92 Å². The molecule has 0 amide bonds. The lowest BCUT2D eigenvalue weighted by atomic mass is 9.96. The van der Waals surface area contributed by atoms with E-state index in [-0.39, 0.29) is 10.9 Å². The fourth-order valence-electron chi connectivity index (χ4n) is 3.08. The first-order valence-corrected chi connectivity index (χ1v) is 9.68. The van der Waals surface area contributed by atoms with E-state index in [0.717, 1.165) is 32.2 Å². The van der Waals surface area contributed by atoms with Gasteiger partial charge in [0, 0.05) is 12.8 Å². The highest BCUT2D eigenvalue weighted by Crippen LogP contribution is 2.36. The minimum atomic E-state index is -3.38. The zero-order valence-electron chi connectivity index (χ0n) is 12.5. The van der Waals surface area contributed by atoms with Gasteiger partial charge in [0.1, 0.15) is 5.82 Å². The first-order chi connectivity index (χ1) is 9.97. The lowest BCUT2D eigenvalue weighted by Gasteiger charge is -2.22. The van der Waals surface area contributed by atoms with Crippen molar-refractivity contribution in [2.45, 2.75) is 55.9 Å². The van der Waals surface area contributed by atoms with E-state index in [4.69, 9.17) is 5.73 Å². The van der Waals surface area contributed by atoms with Gasteiger partial charge in [-0.25, -0.2) is 13.1 Å². The van der Waals surface area contributed by atoms with Gasteiger partial charge in [-0.1, -0.05) is 19.3 Å². The molecule has 0 saturated heterocycles. The summed E-state index contributed by atoms with van der Waals surface area (Å²) in [6.07, 6.45) is 9.22. The van der Waals surface area contributed by atoms with Crippen molar-refractivity contribution in [1.29, 1.82) is 0 Å². The summed E-state index contributed by atoms with van der Waals surface area (Å²) < 4.78 is 25.9. The number of nitrogens with two attached hydrogens (primary N) is 1. The van der Waals surface area contributed by atoms with Crippen LogP contribution in [0.1, 0.15) is 51.0 Å². The third kappa shape index (κ3) is 3.17. The summed E-state index contributed by atoms with van der Waals surface area (Å²) in [5, 5.41) is 7.69. The molecule has 2 saturated carbocycles. The summed E-state index contributed by atoms with van der Waals surface area (Å²) in [7, 11) is -3.38. The molecule has 2 aliphatic carbocycles. The number of hydrogen-bond donors (Lipinski definition) is 2. The second-order valence-corrected chi connectivity index (χ2v) is 8.35. The summed E-state index contributed by atoms with van der Waals surface area (Å²) >= 11 is 0. The van der Waals surface area contributed by atoms with Crippen LogP contribution in [0.5, 0.6) is 0 Å². The molecule has 21 heavy (non-hydrogen) atoms. The van der Waals surface area contributed by atoms with Crippen molar-refractivity contribution >= 4 is 21.5 Å². The van der Waals surface area contributed by atoms with E-state index in [0.29, 0.717) is 17.6 Å². The van der Waals surface area contributed by atoms with Gasteiger partial charge in [0.05, 0.1) is 6.04 Å². The fraction of sp³-hybridized carbons (Fsp3) is 0.786. The average molecular weight is 312 g/mol. The molecule has 1 aromatic rings. The summed E-state index contributed by atoms with van der Waals surface area (Å²) in [4.78, 5) is 0.175. The Morgan fingerprint density at radius 1 is 1.24 bits per heavy atom. The van der Waals surface area contributed by atoms with Crippen LogP contribution >= 0.6 is 0 Å². The standard InChI is InChI=1S/C14H24N4O2S/c1-21(19,20)12-13(15)18(11-5-3-2-4-6-11)17-14(12)16-9-10-7-8-10/h10-11H,2-9,15H2,1H3,(H,16,17). The Labute approximate surface area is 126 Å². The van der Waals surface area contributed by atoms with E-state index in [1.807, 2.05) is 0 Å². The molecule has 0 aliphatic heterocycles. The molecule has 0 atom stereocenters. The third-order valence-electron chi connectivity index (χ3n) is 4.45. The zero-order chi connectivity index (χ0) is 15.0. The van der Waals surface area contributed by atoms with Gasteiger partial charge >= 0.3 is 0 Å². The van der Waals surface area contributed by atoms with E-state index < -0.39 is 9.84 Å². The number of nitrogens with one attached hydrogen (secondary N) is 1. The Bertz CT molecular complexity index is 613. The maximum Gasteiger partial charge on any atom is 0.182 e. The maximum absolute atomic E-state index is 12.1. The molecule has 1 heterocycles. The van der Waals surface area contributed by atoms with E-state index in [9.17, 15) is 8.42 Å². The average Bonchev–Trinajstić information content (AvgIpc) is 3.19. The van der Waals surface area contributed by atoms with Crippen molar-refractivity contribution in [3.8, 4) is 0 Å². The Kier molecular flexibility index (Phi) is 3.86. The lowest BCUT2D eigenvalue weighted by molar-refractivity contribution is 0.333. The second-order valence-electron chi connectivity index (χ2n) is 6.40. The highest BCUT2D eigenvalue weighted by Gasteiger charge is 2.29. The molecule has 7 heteroatoms. The molecule has 3 N–H and O–H groups in total. The first kappa shape index (κ1) is 14.7. The van der Waals surface area contributed by atoms with Crippen molar-refractivity contribution in [3.63, 3.8) is 0 Å². The second kappa shape index (κ2) is 5.51. The highest BCUT2D eigenvalue weighted by atomic mass is 32.2. The van der Waals surface area contributed by atoms with Gasteiger partial charge in [0.2, 0.25) is 0 Å². The van der Waals surface area contributed by atoms with Gasteiger partial charge in [-0.15, -0.1) is 0 Å². The molecule has 0 bridgehead atoms. The molecule has 0 spiro atoms. The minimum Gasteiger partial charge on any atom is -0.383 e. The molecule has 1 aromatic heterocycles. The van der Waals surface area contributed by atoms with E-state index in [1.54, 1.807) is 4.68 Å². The van der Waals surface area contributed by atoms with Gasteiger partial charge in [0.15, 0.2) is 20.6 Å². The van der Waals surface area contributed by atoms with Gasteiger partial charge in [-0.3, -0.25) is 0 Å². The number of rotatable bonds is 5. The summed E-state index contributed by atoms with van der Waals surface area (Å²) in [6.45, 7) is 0.781. The smallest absolute Gasteiger partial charge is 0.182 e. The van der Waals surface area contributed by atoms with Crippen molar-refractivity contribution in [2.75, 3.05) is 23.9 Å². The quantitative estimate of drug-likeness (QED) is 0.870. The maximum atomic E-state index is 12.1. The van der Waals surface area contributed by atoms with E-state index in [1.165, 1.54) is 25.5 Å². The van der Waals surface area contributed by atoms with Crippen molar-refractivity contribution in [3.05, 3.63) is 0 Å². The summed E-state index contributed by atoms with van der Waals surface area (Å²) in [5.74, 6) is 1.38. The third-order valence-corrected chi connectivity index (χ3v) is 5.59. The number of anilines is 2. The Hall–Kier alpha value is -1.24. The molecule has 2 aliphatic rings. The molecular weight excluding hydrogens is 288 g/mol. The van der Waals surface area contributed by atoms with Crippen LogP contribution in [0.25, 0.3) is 0 Å². The number of hydrogen-bond acceptors (Lipinski definition) is 5. The molecule has 2 fully saturated rings. The summed E-state index contributed by atoms with van der Waals surface area (Å²) in [5.41, 5.74) is 6.12. The number of nitrogen functional groups attached to an aromatic ring is 1. The zero-order valence-corrected chi connectivity index (χ0v) is 13.3. The van der Waals surface area contributed by atoms with Crippen LogP contribution in [0.4, 0.5) is 11.6 Å². The van der Waals surface area contributed by atoms with Gasteiger partial charge in [-0.05, 0) is 31.6 Å². The predicted molar refractivity (Wildman–Crippen MR) is 83.1 cm³/mol. The number of aromatic nitrogens is 2. The normalized spacial score (nSPS) is 20.6. The molecule has 0 aromatic carbocycles. The van der Waals surface area contributed by atoms with Gasteiger partial charge in [0.25, 0.3) is 0 Å². The monoisotopic (exact) mass is 312 g/mol. The van der Waals surface area contributed by atoms with Crippen LogP contribution in [0.15, 0.2) is 4.90 Å². The number of sulfone groups is 1. The minimum absolute atomic E-state index is 0.175. The lowest BCUT2D eigenvalue weighted by Crippen LogP contribution is -2.16. The molecule has 0 radical (unpaired) electrons. The predicted octanol–water partition coefficient (Wildman–Crippen LogP) is 2.20. The Morgan fingerprint density at radius 2 is 1.90 bits per heavy atom. The van der Waals surface area contributed by atoms with Crippen LogP contribution in [-0.2, 0) is 9.84 Å². The van der Waals surface area contributed by atoms with Gasteiger partial charge in [-0.2, -0.15) is 5.10 Å². The first-order valence-electron chi connectivity index (χ1n) is 7.78. The Morgan fingerprint density at radius 3 is 2.48 bits per heavy atom. The Balaban J connectivity index is 1.92. The SMILES string of the molecule is CS(=O)(=O)c1c(NCC2CC2)nn(C2CCCCC2)c1N. The topological polar surface area (TPSA) is 90.0 Å². The van der Waals surface area contributed by atoms with Crippen LogP contribution in [0, 0.1) is 5.92 Å². The van der Waals surface area contributed by atoms with Crippen LogP contribution in [-0.4, -0.2) is 31.0 Å². The highest BCUT2D eigenvalue weighted by molar-refractivity contribution is 7.91. The fourth-order valence-corrected chi connectivity index (χ4v) is 4.02. The molecule has 3 rings (SSSR count). The molecule has 118 valence electrons. The van der Waals surface area contributed by atoms with E-state index in [2.05, 4.69) is 10.4 Å².